The Kier molecular flexibility index (Phi) is 9.06. The molecule has 1 aliphatic rings. The highest BCUT2D eigenvalue weighted by atomic mass is 16.5. The van der Waals surface area contributed by atoms with E-state index in [0.29, 0.717) is 30.5 Å². The summed E-state index contributed by atoms with van der Waals surface area (Å²) in [4.78, 5) is 12.9. The Morgan fingerprint density at radius 1 is 1.21 bits per heavy atom. The molecule has 1 aliphatic carbocycles. The molecule has 0 amide bonds. The first kappa shape index (κ1) is 22.0. The topological polar surface area (TPSA) is 35.5 Å². The third-order valence-electron chi connectivity index (χ3n) is 5.40. The van der Waals surface area contributed by atoms with Crippen molar-refractivity contribution in [3.8, 4) is 0 Å². The van der Waals surface area contributed by atoms with E-state index in [9.17, 15) is 4.79 Å². The van der Waals surface area contributed by atoms with Crippen molar-refractivity contribution < 1.29 is 14.3 Å². The minimum Gasteiger partial charge on any atom is -0.493 e. The van der Waals surface area contributed by atoms with Crippen molar-refractivity contribution in [2.24, 2.45) is 17.8 Å². The Balaban J connectivity index is 2.06. The minimum atomic E-state index is -0.248. The highest BCUT2D eigenvalue weighted by molar-refractivity contribution is 5.90. The van der Waals surface area contributed by atoms with Crippen LogP contribution in [0.5, 0.6) is 0 Å². The number of esters is 1. The standard InChI is InChI=1S/C25H34O3/c1-5-12-21(6-2)17-28-25(26)23-16-11-10-13-19(3)24(23)20(4)27-18-22-14-8-7-9-15-22/h7-11,14-16,19,21,24H,4-6,12-13,17-18H2,1-3H3/t19?,21-,24?/m1/s1. The molecule has 0 N–H and O–H groups in total. The molecule has 2 unspecified atom stereocenters. The summed E-state index contributed by atoms with van der Waals surface area (Å²) in [6.45, 7) is 11.5. The second kappa shape index (κ2) is 11.5. The van der Waals surface area contributed by atoms with Crippen LogP contribution in [0.1, 0.15) is 52.0 Å². The Morgan fingerprint density at radius 3 is 2.64 bits per heavy atom. The largest absolute Gasteiger partial charge is 0.493 e. The summed E-state index contributed by atoms with van der Waals surface area (Å²) in [7, 11) is 0. The van der Waals surface area contributed by atoms with Gasteiger partial charge in [0.1, 0.15) is 6.61 Å². The second-order valence-electron chi connectivity index (χ2n) is 7.64. The van der Waals surface area contributed by atoms with Crippen LogP contribution >= 0.6 is 0 Å². The maximum absolute atomic E-state index is 12.9. The van der Waals surface area contributed by atoms with Gasteiger partial charge in [0, 0.05) is 5.57 Å². The van der Waals surface area contributed by atoms with E-state index in [2.05, 4.69) is 33.4 Å². The lowest BCUT2D eigenvalue weighted by atomic mass is 9.84. The van der Waals surface area contributed by atoms with Crippen LogP contribution in [0.3, 0.4) is 0 Å². The van der Waals surface area contributed by atoms with Crippen molar-refractivity contribution in [2.45, 2.75) is 53.1 Å². The predicted octanol–water partition coefficient (Wildman–Crippen LogP) is 6.23. The predicted molar refractivity (Wildman–Crippen MR) is 115 cm³/mol. The highest BCUT2D eigenvalue weighted by Crippen LogP contribution is 2.34. The summed E-state index contributed by atoms with van der Waals surface area (Å²) < 4.78 is 11.7. The van der Waals surface area contributed by atoms with Gasteiger partial charge in [0.2, 0.25) is 0 Å². The normalized spacial score (nSPS) is 20.0. The van der Waals surface area contributed by atoms with Gasteiger partial charge in [0.25, 0.3) is 0 Å². The summed E-state index contributed by atoms with van der Waals surface area (Å²) >= 11 is 0. The second-order valence-corrected chi connectivity index (χ2v) is 7.64. The Labute approximate surface area is 170 Å². The van der Waals surface area contributed by atoms with E-state index in [0.717, 1.165) is 31.2 Å². The first-order chi connectivity index (χ1) is 13.6. The number of hydrogen-bond acceptors (Lipinski definition) is 3. The van der Waals surface area contributed by atoms with Crippen LogP contribution in [0.4, 0.5) is 0 Å². The van der Waals surface area contributed by atoms with E-state index in [-0.39, 0.29) is 17.8 Å². The van der Waals surface area contributed by atoms with Crippen molar-refractivity contribution in [3.05, 3.63) is 72.0 Å². The van der Waals surface area contributed by atoms with Gasteiger partial charge < -0.3 is 9.47 Å². The molecule has 0 aliphatic heterocycles. The molecule has 3 nitrogen and oxygen atoms in total. The van der Waals surface area contributed by atoms with E-state index >= 15 is 0 Å². The summed E-state index contributed by atoms with van der Waals surface area (Å²) in [5, 5.41) is 0. The number of carbonyl (C=O) groups excluding carboxylic acids is 1. The highest BCUT2D eigenvalue weighted by Gasteiger charge is 2.31. The molecular weight excluding hydrogens is 348 g/mol. The smallest absolute Gasteiger partial charge is 0.334 e. The number of ether oxygens (including phenoxy) is 2. The molecule has 1 aromatic carbocycles. The molecule has 0 saturated carbocycles. The van der Waals surface area contributed by atoms with Gasteiger partial charge >= 0.3 is 5.97 Å². The zero-order chi connectivity index (χ0) is 20.4. The molecule has 3 heteroatoms. The quantitative estimate of drug-likeness (QED) is 0.356. The van der Waals surface area contributed by atoms with Gasteiger partial charge in [-0.2, -0.15) is 0 Å². The molecule has 0 bridgehead atoms. The molecular formula is C25H34O3. The Bertz CT molecular complexity index is 687. The van der Waals surface area contributed by atoms with E-state index in [1.807, 2.05) is 42.5 Å². The van der Waals surface area contributed by atoms with Crippen LogP contribution in [0.15, 0.2) is 66.5 Å². The summed E-state index contributed by atoms with van der Waals surface area (Å²) in [6, 6.07) is 10.0. The van der Waals surface area contributed by atoms with E-state index in [4.69, 9.17) is 9.47 Å². The third kappa shape index (κ3) is 6.40. The van der Waals surface area contributed by atoms with Crippen LogP contribution in [0, 0.1) is 17.8 Å². The zero-order valence-corrected chi connectivity index (χ0v) is 17.5. The molecule has 0 saturated heterocycles. The number of carbonyl (C=O) groups is 1. The van der Waals surface area contributed by atoms with Crippen molar-refractivity contribution in [1.29, 1.82) is 0 Å². The van der Waals surface area contributed by atoms with Gasteiger partial charge in [-0.15, -0.1) is 0 Å². The zero-order valence-electron chi connectivity index (χ0n) is 17.5. The van der Waals surface area contributed by atoms with Crippen LogP contribution < -0.4 is 0 Å². The van der Waals surface area contributed by atoms with Crippen LogP contribution in [0.25, 0.3) is 0 Å². The van der Waals surface area contributed by atoms with Gasteiger partial charge in [-0.05, 0) is 30.2 Å². The summed E-state index contributed by atoms with van der Waals surface area (Å²) in [5.74, 6) is 0.853. The molecule has 152 valence electrons. The average molecular weight is 383 g/mol. The van der Waals surface area contributed by atoms with Gasteiger partial charge in [-0.25, -0.2) is 4.79 Å². The SMILES string of the molecule is C=C(OCc1ccccc1)C1C(C(=O)OC[C@H](CC)CCC)=CC=CCC1C. The minimum absolute atomic E-state index is 0.169. The number of hydrogen-bond donors (Lipinski definition) is 0. The van der Waals surface area contributed by atoms with Crippen molar-refractivity contribution in [1.82, 2.24) is 0 Å². The molecule has 1 aromatic rings. The molecule has 0 aromatic heterocycles. The third-order valence-corrected chi connectivity index (χ3v) is 5.40. The fourth-order valence-corrected chi connectivity index (χ4v) is 3.63. The molecule has 0 spiro atoms. The number of allylic oxidation sites excluding steroid dienone is 4. The van der Waals surface area contributed by atoms with Crippen LogP contribution in [-0.2, 0) is 20.9 Å². The van der Waals surface area contributed by atoms with Gasteiger partial charge in [-0.3, -0.25) is 0 Å². The Hall–Kier alpha value is -2.29. The van der Waals surface area contributed by atoms with Crippen molar-refractivity contribution in [3.63, 3.8) is 0 Å². The lowest BCUT2D eigenvalue weighted by molar-refractivity contribution is -0.141. The number of benzene rings is 1. The maximum atomic E-state index is 12.9. The van der Waals surface area contributed by atoms with Gasteiger partial charge in [-0.1, -0.05) is 88.8 Å². The maximum Gasteiger partial charge on any atom is 0.334 e. The van der Waals surface area contributed by atoms with Gasteiger partial charge in [0.05, 0.1) is 18.3 Å². The first-order valence-electron chi connectivity index (χ1n) is 10.5. The summed E-state index contributed by atoms with van der Waals surface area (Å²) in [5.41, 5.74) is 1.73. The van der Waals surface area contributed by atoms with E-state index in [1.165, 1.54) is 0 Å². The molecule has 28 heavy (non-hydrogen) atoms. The first-order valence-corrected chi connectivity index (χ1v) is 10.5. The molecule has 3 atom stereocenters. The van der Waals surface area contributed by atoms with Gasteiger partial charge in [0.15, 0.2) is 0 Å². The molecule has 0 heterocycles. The van der Waals surface area contributed by atoms with E-state index < -0.39 is 0 Å². The Morgan fingerprint density at radius 2 is 1.96 bits per heavy atom. The van der Waals surface area contributed by atoms with Crippen molar-refractivity contribution >= 4 is 5.97 Å². The molecule has 0 fully saturated rings. The van der Waals surface area contributed by atoms with Crippen LogP contribution in [-0.4, -0.2) is 12.6 Å². The lowest BCUT2D eigenvalue weighted by Gasteiger charge is -2.26. The molecule has 2 rings (SSSR count). The lowest BCUT2D eigenvalue weighted by Crippen LogP contribution is -2.25. The monoisotopic (exact) mass is 382 g/mol. The fourth-order valence-electron chi connectivity index (χ4n) is 3.63. The average Bonchev–Trinajstić information content (AvgIpc) is 2.91. The number of rotatable bonds is 10. The van der Waals surface area contributed by atoms with Crippen molar-refractivity contribution in [2.75, 3.05) is 6.61 Å². The molecule has 0 radical (unpaired) electrons. The summed E-state index contributed by atoms with van der Waals surface area (Å²) in [6.07, 6.45) is 9.98. The van der Waals surface area contributed by atoms with E-state index in [1.54, 1.807) is 0 Å². The fraction of sp³-hybridized carbons (Fsp3) is 0.480. The van der Waals surface area contributed by atoms with Crippen LogP contribution in [0.2, 0.25) is 0 Å².